The van der Waals surface area contributed by atoms with Crippen LogP contribution in [0.15, 0.2) is 24.3 Å². The molecule has 0 heterocycles. The fraction of sp³-hybridized carbons (Fsp3) is 0.667. The Balaban J connectivity index is 1.81. The predicted octanol–water partition coefficient (Wildman–Crippen LogP) is 4.04. The largest absolute Gasteiger partial charge is 0.489 e. The Morgan fingerprint density at radius 1 is 0.773 bits per heavy atom. The minimum Gasteiger partial charge on any atom is -0.489 e. The first-order valence-electron chi connectivity index (χ1n) is 8.47. The average molecular weight is 309 g/mol. The highest BCUT2D eigenvalue weighted by molar-refractivity contribution is 5.51. The summed E-state index contributed by atoms with van der Waals surface area (Å²) in [5.41, 5.74) is 6.44. The van der Waals surface area contributed by atoms with E-state index in [1.54, 1.807) is 0 Å². The van der Waals surface area contributed by atoms with Crippen LogP contribution >= 0.6 is 0 Å². The second-order valence-corrected chi connectivity index (χ2v) is 5.38. The maximum Gasteiger partial charge on any atom is 0.142 e. The summed E-state index contributed by atoms with van der Waals surface area (Å²) in [7, 11) is 0. The van der Waals surface area contributed by atoms with E-state index in [2.05, 4.69) is 6.92 Å². The van der Waals surface area contributed by atoms with E-state index in [-0.39, 0.29) is 0 Å². The minimum atomic E-state index is 0.506. The van der Waals surface area contributed by atoms with Crippen molar-refractivity contribution in [2.75, 3.05) is 38.8 Å². The van der Waals surface area contributed by atoms with Crippen LogP contribution in [0, 0.1) is 0 Å². The molecule has 126 valence electrons. The predicted molar refractivity (Wildman–Crippen MR) is 91.4 cm³/mol. The van der Waals surface area contributed by atoms with Crippen LogP contribution < -0.4 is 10.5 Å². The van der Waals surface area contributed by atoms with Crippen LogP contribution in [0.1, 0.15) is 45.4 Å². The Labute approximate surface area is 134 Å². The van der Waals surface area contributed by atoms with Gasteiger partial charge in [-0.05, 0) is 18.6 Å². The Morgan fingerprint density at radius 2 is 1.41 bits per heavy atom. The van der Waals surface area contributed by atoms with Gasteiger partial charge >= 0.3 is 0 Å². The molecular weight excluding hydrogens is 278 g/mol. The molecule has 0 radical (unpaired) electrons. The van der Waals surface area contributed by atoms with E-state index in [9.17, 15) is 0 Å². The third-order valence-electron chi connectivity index (χ3n) is 3.42. The van der Waals surface area contributed by atoms with Gasteiger partial charge in [-0.1, -0.05) is 51.2 Å². The Hall–Kier alpha value is -1.26. The summed E-state index contributed by atoms with van der Waals surface area (Å²) in [6.07, 6.45) is 7.76. The van der Waals surface area contributed by atoms with Gasteiger partial charge in [0.2, 0.25) is 0 Å². The van der Waals surface area contributed by atoms with E-state index in [0.717, 1.165) is 13.0 Å². The van der Waals surface area contributed by atoms with Crippen molar-refractivity contribution in [3.63, 3.8) is 0 Å². The lowest BCUT2D eigenvalue weighted by Crippen LogP contribution is -2.11. The quantitative estimate of drug-likeness (QED) is 0.416. The topological polar surface area (TPSA) is 53.7 Å². The normalized spacial score (nSPS) is 10.8. The molecule has 0 aromatic heterocycles. The first-order valence-corrected chi connectivity index (χ1v) is 8.47. The molecule has 0 saturated carbocycles. The first-order chi connectivity index (χ1) is 10.8. The number of benzene rings is 1. The third-order valence-corrected chi connectivity index (χ3v) is 3.42. The summed E-state index contributed by atoms with van der Waals surface area (Å²) < 4.78 is 16.5. The monoisotopic (exact) mass is 309 g/mol. The summed E-state index contributed by atoms with van der Waals surface area (Å²) in [5, 5.41) is 0. The highest BCUT2D eigenvalue weighted by Gasteiger charge is 1.98. The fourth-order valence-electron chi connectivity index (χ4n) is 2.13. The fourth-order valence-corrected chi connectivity index (χ4v) is 2.13. The van der Waals surface area contributed by atoms with Gasteiger partial charge < -0.3 is 19.9 Å². The van der Waals surface area contributed by atoms with Crippen molar-refractivity contribution < 1.29 is 14.2 Å². The molecule has 4 nitrogen and oxygen atoms in total. The lowest BCUT2D eigenvalue weighted by molar-refractivity contribution is 0.0353. The Bertz CT molecular complexity index is 371. The minimum absolute atomic E-state index is 0.506. The molecule has 0 spiro atoms. The zero-order valence-corrected chi connectivity index (χ0v) is 13.9. The zero-order valence-electron chi connectivity index (χ0n) is 13.9. The van der Waals surface area contributed by atoms with Crippen LogP contribution in [0.3, 0.4) is 0 Å². The van der Waals surface area contributed by atoms with Crippen molar-refractivity contribution in [3.8, 4) is 5.75 Å². The third kappa shape index (κ3) is 9.64. The number of hydrogen-bond donors (Lipinski definition) is 1. The van der Waals surface area contributed by atoms with E-state index >= 15 is 0 Å². The summed E-state index contributed by atoms with van der Waals surface area (Å²) in [6.45, 7) is 5.40. The van der Waals surface area contributed by atoms with Crippen molar-refractivity contribution in [1.82, 2.24) is 0 Å². The number of unbranched alkanes of at least 4 members (excludes halogenated alkanes) is 5. The molecule has 0 unspecified atom stereocenters. The van der Waals surface area contributed by atoms with Gasteiger partial charge in [-0.3, -0.25) is 0 Å². The molecular formula is C18H31NO3. The van der Waals surface area contributed by atoms with Gasteiger partial charge in [0.25, 0.3) is 0 Å². The lowest BCUT2D eigenvalue weighted by atomic mass is 10.1. The van der Waals surface area contributed by atoms with Crippen molar-refractivity contribution in [3.05, 3.63) is 24.3 Å². The molecule has 0 aliphatic rings. The van der Waals surface area contributed by atoms with Crippen LogP contribution in [0.2, 0.25) is 0 Å². The summed E-state index contributed by atoms with van der Waals surface area (Å²) >= 11 is 0. The SMILES string of the molecule is CCCCCCCCOCCOCCOc1ccccc1N. The smallest absolute Gasteiger partial charge is 0.142 e. The second-order valence-electron chi connectivity index (χ2n) is 5.38. The highest BCUT2D eigenvalue weighted by atomic mass is 16.5. The van der Waals surface area contributed by atoms with Crippen LogP contribution in [0.4, 0.5) is 5.69 Å². The molecule has 1 rings (SSSR count). The molecule has 0 aliphatic carbocycles. The molecule has 2 N–H and O–H groups in total. The van der Waals surface area contributed by atoms with Gasteiger partial charge in [0.05, 0.1) is 25.5 Å². The van der Waals surface area contributed by atoms with Gasteiger partial charge in [0, 0.05) is 6.61 Å². The number of para-hydroxylation sites is 2. The van der Waals surface area contributed by atoms with Crippen LogP contribution in [-0.4, -0.2) is 33.0 Å². The van der Waals surface area contributed by atoms with Gasteiger partial charge in [0.15, 0.2) is 0 Å². The van der Waals surface area contributed by atoms with E-state index < -0.39 is 0 Å². The first kappa shape index (κ1) is 18.8. The number of hydrogen-bond acceptors (Lipinski definition) is 4. The van der Waals surface area contributed by atoms with Gasteiger partial charge in [-0.15, -0.1) is 0 Å². The summed E-state index contributed by atoms with van der Waals surface area (Å²) in [6, 6.07) is 7.48. The lowest BCUT2D eigenvalue weighted by Gasteiger charge is -2.09. The van der Waals surface area contributed by atoms with Crippen molar-refractivity contribution in [1.29, 1.82) is 0 Å². The molecule has 0 bridgehead atoms. The van der Waals surface area contributed by atoms with E-state index in [0.29, 0.717) is 37.9 Å². The average Bonchev–Trinajstić information content (AvgIpc) is 2.53. The number of rotatable bonds is 14. The van der Waals surface area contributed by atoms with Crippen LogP contribution in [0.5, 0.6) is 5.75 Å². The molecule has 0 fully saturated rings. The van der Waals surface area contributed by atoms with E-state index in [1.807, 2.05) is 24.3 Å². The van der Waals surface area contributed by atoms with E-state index in [4.69, 9.17) is 19.9 Å². The zero-order chi connectivity index (χ0) is 15.9. The number of ether oxygens (including phenoxy) is 3. The Kier molecular flexibility index (Phi) is 11.4. The van der Waals surface area contributed by atoms with Gasteiger partial charge in [0.1, 0.15) is 12.4 Å². The molecule has 0 saturated heterocycles. The summed E-state index contributed by atoms with van der Waals surface area (Å²) in [4.78, 5) is 0. The molecule has 1 aromatic rings. The van der Waals surface area contributed by atoms with E-state index in [1.165, 1.54) is 32.1 Å². The Morgan fingerprint density at radius 3 is 2.18 bits per heavy atom. The van der Waals surface area contributed by atoms with Crippen LogP contribution in [-0.2, 0) is 9.47 Å². The molecule has 4 heteroatoms. The number of nitrogens with two attached hydrogens (primary N) is 1. The van der Waals surface area contributed by atoms with Gasteiger partial charge in [-0.25, -0.2) is 0 Å². The standard InChI is InChI=1S/C18H31NO3/c1-2-3-4-5-6-9-12-20-13-14-21-15-16-22-18-11-8-7-10-17(18)19/h7-8,10-11H,2-6,9,12-16,19H2,1H3. The highest BCUT2D eigenvalue weighted by Crippen LogP contribution is 2.19. The molecule has 22 heavy (non-hydrogen) atoms. The van der Waals surface area contributed by atoms with Crippen LogP contribution in [0.25, 0.3) is 0 Å². The molecule has 0 atom stereocenters. The number of anilines is 1. The maximum absolute atomic E-state index is 5.78. The van der Waals surface area contributed by atoms with Crippen molar-refractivity contribution in [2.24, 2.45) is 0 Å². The summed E-state index contributed by atoms with van der Waals surface area (Å²) in [5.74, 6) is 0.713. The molecule has 0 aliphatic heterocycles. The van der Waals surface area contributed by atoms with Crippen molar-refractivity contribution in [2.45, 2.75) is 45.4 Å². The number of nitrogen functional groups attached to an aromatic ring is 1. The second kappa shape index (κ2) is 13.4. The maximum atomic E-state index is 5.78. The molecule has 0 amide bonds. The van der Waals surface area contributed by atoms with Crippen molar-refractivity contribution >= 4 is 5.69 Å². The molecule has 1 aromatic carbocycles. The van der Waals surface area contributed by atoms with Gasteiger partial charge in [-0.2, -0.15) is 0 Å².